The molecule has 22 heavy (non-hydrogen) atoms. The Labute approximate surface area is 136 Å². The van der Waals surface area contributed by atoms with Crippen LogP contribution in [0.3, 0.4) is 0 Å². The van der Waals surface area contributed by atoms with E-state index in [0.29, 0.717) is 0 Å². The summed E-state index contributed by atoms with van der Waals surface area (Å²) in [5.74, 6) is 0. The van der Waals surface area contributed by atoms with Crippen molar-refractivity contribution in [1.82, 2.24) is 0 Å². The zero-order chi connectivity index (χ0) is 15.7. The molecule has 0 aliphatic rings. The Kier molecular flexibility index (Phi) is 3.90. The second kappa shape index (κ2) is 5.72. The van der Waals surface area contributed by atoms with E-state index >= 15 is 0 Å². The highest BCUT2D eigenvalue weighted by Crippen LogP contribution is 2.34. The Hall–Kier alpha value is -1.89. The molecule has 2 aromatic carbocycles. The van der Waals surface area contributed by atoms with Crippen molar-refractivity contribution in [3.8, 4) is 22.3 Å². The first-order chi connectivity index (χ1) is 10.4. The average molecular weight is 378 g/mol. The largest absolute Gasteiger partial charge is 0.471 e. The minimum absolute atomic E-state index is 0.0879. The number of furan rings is 1. The Bertz CT molecular complexity index is 897. The minimum Gasteiger partial charge on any atom is -0.471 e. The second-order valence-corrected chi connectivity index (χ2v) is 7.25. The van der Waals surface area contributed by atoms with Gasteiger partial charge in [0.15, 0.2) is 0 Å². The fourth-order valence-electron chi connectivity index (χ4n) is 2.20. The van der Waals surface area contributed by atoms with Crippen molar-refractivity contribution in [2.24, 2.45) is 5.14 Å². The first-order valence-corrected chi connectivity index (χ1v) is 8.74. The lowest BCUT2D eigenvalue weighted by atomic mass is 9.99. The molecule has 6 heteroatoms. The van der Waals surface area contributed by atoms with Gasteiger partial charge in [0, 0.05) is 15.6 Å². The zero-order valence-corrected chi connectivity index (χ0v) is 13.8. The van der Waals surface area contributed by atoms with Crippen LogP contribution in [0.5, 0.6) is 0 Å². The van der Waals surface area contributed by atoms with Crippen LogP contribution < -0.4 is 5.14 Å². The first kappa shape index (κ1) is 15.0. The molecule has 4 nitrogen and oxygen atoms in total. The molecular weight excluding hydrogens is 366 g/mol. The van der Waals surface area contributed by atoms with Gasteiger partial charge >= 0.3 is 0 Å². The fourth-order valence-corrected chi connectivity index (χ4v) is 2.98. The van der Waals surface area contributed by atoms with E-state index in [4.69, 9.17) is 9.56 Å². The molecule has 0 atom stereocenters. The highest BCUT2D eigenvalue weighted by atomic mass is 79.9. The molecule has 0 saturated carbocycles. The van der Waals surface area contributed by atoms with E-state index in [2.05, 4.69) is 15.9 Å². The van der Waals surface area contributed by atoms with Gasteiger partial charge in [-0.1, -0.05) is 40.2 Å². The van der Waals surface area contributed by atoms with Crippen molar-refractivity contribution < 1.29 is 12.8 Å². The van der Waals surface area contributed by atoms with E-state index in [1.807, 2.05) is 24.3 Å². The van der Waals surface area contributed by atoms with Gasteiger partial charge < -0.3 is 4.42 Å². The molecule has 1 aromatic heterocycles. The van der Waals surface area contributed by atoms with Crippen LogP contribution in [-0.4, -0.2) is 8.42 Å². The molecule has 0 aliphatic heterocycles. The smallest absolute Gasteiger partial charge is 0.238 e. The first-order valence-electron chi connectivity index (χ1n) is 6.40. The Morgan fingerprint density at radius 3 is 1.73 bits per heavy atom. The van der Waals surface area contributed by atoms with Crippen LogP contribution in [0.15, 0.2) is 74.8 Å². The zero-order valence-electron chi connectivity index (χ0n) is 11.4. The molecule has 112 valence electrons. The van der Waals surface area contributed by atoms with Crippen molar-refractivity contribution in [2.45, 2.75) is 4.90 Å². The van der Waals surface area contributed by atoms with Gasteiger partial charge in [-0.3, -0.25) is 0 Å². The molecule has 3 rings (SSSR count). The van der Waals surface area contributed by atoms with Gasteiger partial charge in [-0.2, -0.15) is 0 Å². The highest BCUT2D eigenvalue weighted by Gasteiger charge is 2.12. The molecule has 0 radical (unpaired) electrons. The van der Waals surface area contributed by atoms with Crippen LogP contribution >= 0.6 is 15.9 Å². The molecule has 0 saturated heterocycles. The number of benzene rings is 2. The SMILES string of the molecule is NS(=O)(=O)c1ccc(-c2cocc2-c2ccc(Br)cc2)cc1. The van der Waals surface area contributed by atoms with Gasteiger partial charge in [-0.05, 0) is 35.4 Å². The minimum atomic E-state index is -3.68. The third-order valence-corrected chi connectivity index (χ3v) is 4.77. The summed E-state index contributed by atoms with van der Waals surface area (Å²) in [4.78, 5) is 0.0879. The summed E-state index contributed by atoms with van der Waals surface area (Å²) >= 11 is 3.41. The molecule has 0 spiro atoms. The van der Waals surface area contributed by atoms with Crippen LogP contribution in [0.2, 0.25) is 0 Å². The van der Waals surface area contributed by atoms with Crippen molar-refractivity contribution in [3.63, 3.8) is 0 Å². The summed E-state index contributed by atoms with van der Waals surface area (Å²) in [5, 5.41) is 5.11. The normalized spacial score (nSPS) is 11.5. The van der Waals surface area contributed by atoms with Crippen LogP contribution in [0, 0.1) is 0 Å². The van der Waals surface area contributed by atoms with Gasteiger partial charge in [-0.15, -0.1) is 0 Å². The fraction of sp³-hybridized carbons (Fsp3) is 0. The Morgan fingerprint density at radius 1 is 0.818 bits per heavy atom. The van der Waals surface area contributed by atoms with Gasteiger partial charge in [0.1, 0.15) is 0 Å². The number of nitrogens with two attached hydrogens (primary N) is 1. The van der Waals surface area contributed by atoms with E-state index in [9.17, 15) is 8.42 Å². The standard InChI is InChI=1S/C16H12BrNO3S/c17-13-5-1-11(2-6-13)15-9-21-10-16(15)12-3-7-14(8-4-12)22(18,19)20/h1-10H,(H2,18,19,20). The Balaban J connectivity index is 2.03. The maximum Gasteiger partial charge on any atom is 0.238 e. The molecule has 0 unspecified atom stereocenters. The van der Waals surface area contributed by atoms with Crippen molar-refractivity contribution in [1.29, 1.82) is 0 Å². The second-order valence-electron chi connectivity index (χ2n) is 4.78. The maximum atomic E-state index is 11.3. The number of hydrogen-bond donors (Lipinski definition) is 1. The van der Waals surface area contributed by atoms with Gasteiger partial charge in [-0.25, -0.2) is 13.6 Å². The monoisotopic (exact) mass is 377 g/mol. The molecule has 0 amide bonds. The average Bonchev–Trinajstić information content (AvgIpc) is 2.97. The van der Waals surface area contributed by atoms with E-state index in [1.54, 1.807) is 24.7 Å². The van der Waals surface area contributed by atoms with E-state index in [-0.39, 0.29) is 4.90 Å². The lowest BCUT2D eigenvalue weighted by Crippen LogP contribution is -2.11. The summed E-state index contributed by atoms with van der Waals surface area (Å²) in [7, 11) is -3.68. The number of sulfonamides is 1. The summed E-state index contributed by atoms with van der Waals surface area (Å²) in [6.45, 7) is 0. The van der Waals surface area contributed by atoms with E-state index < -0.39 is 10.0 Å². The summed E-state index contributed by atoms with van der Waals surface area (Å²) in [6, 6.07) is 14.3. The van der Waals surface area contributed by atoms with Crippen molar-refractivity contribution in [2.75, 3.05) is 0 Å². The number of primary sulfonamides is 1. The molecule has 0 fully saturated rings. The molecule has 2 N–H and O–H groups in total. The topological polar surface area (TPSA) is 73.3 Å². The summed E-state index contributed by atoms with van der Waals surface area (Å²) in [6.07, 6.45) is 3.31. The molecule has 3 aromatic rings. The molecule has 1 heterocycles. The van der Waals surface area contributed by atoms with Crippen LogP contribution in [0.25, 0.3) is 22.3 Å². The number of halogens is 1. The van der Waals surface area contributed by atoms with Gasteiger partial charge in [0.05, 0.1) is 17.4 Å². The third kappa shape index (κ3) is 2.99. The van der Waals surface area contributed by atoms with Crippen LogP contribution in [0.4, 0.5) is 0 Å². The van der Waals surface area contributed by atoms with Crippen LogP contribution in [0.1, 0.15) is 0 Å². The van der Waals surface area contributed by atoms with Crippen molar-refractivity contribution in [3.05, 3.63) is 65.5 Å². The summed E-state index contributed by atoms with van der Waals surface area (Å²) < 4.78 is 28.9. The lowest BCUT2D eigenvalue weighted by molar-refractivity contribution is 0.569. The summed E-state index contributed by atoms with van der Waals surface area (Å²) in [5.41, 5.74) is 3.71. The number of hydrogen-bond acceptors (Lipinski definition) is 3. The maximum absolute atomic E-state index is 11.3. The highest BCUT2D eigenvalue weighted by molar-refractivity contribution is 9.10. The predicted molar refractivity (Wildman–Crippen MR) is 88.7 cm³/mol. The third-order valence-electron chi connectivity index (χ3n) is 3.31. The molecule has 0 aliphatic carbocycles. The van der Waals surface area contributed by atoms with E-state index in [1.165, 1.54) is 12.1 Å². The molecule has 0 bridgehead atoms. The number of rotatable bonds is 3. The quantitative estimate of drug-likeness (QED) is 0.748. The molecular formula is C16H12BrNO3S. The van der Waals surface area contributed by atoms with Gasteiger partial charge in [0.2, 0.25) is 10.0 Å². The lowest BCUT2D eigenvalue weighted by Gasteiger charge is -2.05. The van der Waals surface area contributed by atoms with Crippen molar-refractivity contribution >= 4 is 26.0 Å². The Morgan fingerprint density at radius 2 is 1.27 bits per heavy atom. The van der Waals surface area contributed by atoms with E-state index in [0.717, 1.165) is 26.7 Å². The van der Waals surface area contributed by atoms with Gasteiger partial charge in [0.25, 0.3) is 0 Å². The van der Waals surface area contributed by atoms with Crippen LogP contribution in [-0.2, 0) is 10.0 Å². The predicted octanol–water partition coefficient (Wildman–Crippen LogP) is 4.02.